The van der Waals surface area contributed by atoms with Crippen molar-refractivity contribution in [3.8, 4) is 0 Å². The van der Waals surface area contributed by atoms with Gasteiger partial charge in [0.1, 0.15) is 0 Å². The zero-order valence-corrected chi connectivity index (χ0v) is 17.2. The molecule has 7 nitrogen and oxygen atoms in total. The highest BCUT2D eigenvalue weighted by Gasteiger charge is 2.43. The first kappa shape index (κ1) is 19.5. The number of anilines is 1. The number of aliphatic hydroxyl groups is 1. The summed E-state index contributed by atoms with van der Waals surface area (Å²) < 4.78 is 0. The van der Waals surface area contributed by atoms with Crippen LogP contribution in [0.2, 0.25) is 0 Å². The molecule has 3 aliphatic rings. The summed E-state index contributed by atoms with van der Waals surface area (Å²) in [5, 5.41) is 9.67. The highest BCUT2D eigenvalue weighted by atomic mass is 16.3. The molecule has 7 heteroatoms. The van der Waals surface area contributed by atoms with Crippen molar-refractivity contribution in [1.29, 1.82) is 0 Å². The molecule has 0 saturated carbocycles. The monoisotopic (exact) mass is 407 g/mol. The van der Waals surface area contributed by atoms with E-state index in [1.54, 1.807) is 4.90 Å². The highest BCUT2D eigenvalue weighted by Crippen LogP contribution is 2.35. The number of carbonyl (C=O) groups is 1. The van der Waals surface area contributed by atoms with Gasteiger partial charge in [0.25, 0.3) is 0 Å². The molecule has 1 amide bonds. The van der Waals surface area contributed by atoms with Crippen LogP contribution >= 0.6 is 0 Å². The molecule has 1 aromatic heterocycles. The van der Waals surface area contributed by atoms with E-state index in [0.717, 1.165) is 37.8 Å². The van der Waals surface area contributed by atoms with Crippen LogP contribution in [0.5, 0.6) is 0 Å². The van der Waals surface area contributed by atoms with E-state index < -0.39 is 0 Å². The predicted octanol–water partition coefficient (Wildman–Crippen LogP) is 1.50. The van der Waals surface area contributed by atoms with Crippen molar-refractivity contribution < 1.29 is 9.90 Å². The van der Waals surface area contributed by atoms with Gasteiger partial charge in [-0.1, -0.05) is 30.3 Å². The summed E-state index contributed by atoms with van der Waals surface area (Å²) in [4.78, 5) is 29.0. The first-order valence-electron chi connectivity index (χ1n) is 11.0. The van der Waals surface area contributed by atoms with E-state index in [1.165, 1.54) is 18.4 Å². The SMILES string of the molecule is O=C([C@H]1CN(Cc2ccccc2)C[C@@H]1c1ccnc(N2CCCC2)n1)N1CC(O)C1. The van der Waals surface area contributed by atoms with E-state index in [9.17, 15) is 9.90 Å². The van der Waals surface area contributed by atoms with Crippen molar-refractivity contribution in [2.45, 2.75) is 31.4 Å². The predicted molar refractivity (Wildman–Crippen MR) is 114 cm³/mol. The van der Waals surface area contributed by atoms with Gasteiger partial charge in [0, 0.05) is 57.9 Å². The number of nitrogens with zero attached hydrogens (tertiary/aromatic N) is 5. The topological polar surface area (TPSA) is 72.8 Å². The van der Waals surface area contributed by atoms with E-state index in [0.29, 0.717) is 19.6 Å². The average molecular weight is 408 g/mol. The molecule has 158 valence electrons. The Morgan fingerprint density at radius 2 is 1.80 bits per heavy atom. The number of β-amino-alcohol motifs (C(OH)–C–C–N with tert-alkyl or cyclic N) is 1. The second kappa shape index (κ2) is 8.32. The Hall–Kier alpha value is -2.51. The Kier molecular flexibility index (Phi) is 5.39. The maximum Gasteiger partial charge on any atom is 0.227 e. The number of carbonyl (C=O) groups excluding carboxylic acids is 1. The molecule has 3 aliphatic heterocycles. The van der Waals surface area contributed by atoms with Crippen LogP contribution in [0.4, 0.5) is 5.95 Å². The third kappa shape index (κ3) is 3.91. The van der Waals surface area contributed by atoms with E-state index in [2.05, 4.69) is 39.0 Å². The smallest absolute Gasteiger partial charge is 0.227 e. The van der Waals surface area contributed by atoms with Gasteiger partial charge in [-0.25, -0.2) is 9.97 Å². The Labute approximate surface area is 177 Å². The van der Waals surface area contributed by atoms with Gasteiger partial charge in [-0.05, 0) is 24.5 Å². The van der Waals surface area contributed by atoms with E-state index in [1.807, 2.05) is 18.3 Å². The van der Waals surface area contributed by atoms with Crippen molar-refractivity contribution in [2.75, 3.05) is 44.2 Å². The summed E-state index contributed by atoms with van der Waals surface area (Å²) in [6.45, 7) is 5.25. The standard InChI is InChI=1S/C23H29N5O2/c29-18-13-28(14-18)22(30)20-16-26(12-17-6-2-1-3-7-17)15-19(20)21-8-9-24-23(25-21)27-10-4-5-11-27/h1-3,6-9,18-20,29H,4-5,10-16H2/t19-,20-/m0/s1. The molecular formula is C23H29N5O2. The fourth-order valence-electron chi connectivity index (χ4n) is 4.91. The molecule has 0 spiro atoms. The number of aromatic nitrogens is 2. The van der Waals surface area contributed by atoms with Gasteiger partial charge in [-0.3, -0.25) is 9.69 Å². The lowest BCUT2D eigenvalue weighted by molar-refractivity contribution is -0.145. The number of hydrogen-bond acceptors (Lipinski definition) is 6. The largest absolute Gasteiger partial charge is 0.389 e. The molecule has 30 heavy (non-hydrogen) atoms. The van der Waals surface area contributed by atoms with E-state index in [-0.39, 0.29) is 23.8 Å². The van der Waals surface area contributed by atoms with Gasteiger partial charge in [-0.15, -0.1) is 0 Å². The fraction of sp³-hybridized carbons (Fsp3) is 0.522. The minimum Gasteiger partial charge on any atom is -0.389 e. The van der Waals surface area contributed by atoms with Crippen LogP contribution in [0.3, 0.4) is 0 Å². The minimum absolute atomic E-state index is 0.0447. The molecule has 0 unspecified atom stereocenters. The van der Waals surface area contributed by atoms with Crippen LogP contribution < -0.4 is 4.90 Å². The number of hydrogen-bond donors (Lipinski definition) is 1. The lowest BCUT2D eigenvalue weighted by atomic mass is 9.90. The van der Waals surface area contributed by atoms with Crippen molar-refractivity contribution in [3.63, 3.8) is 0 Å². The van der Waals surface area contributed by atoms with Gasteiger partial charge in [0.05, 0.1) is 17.7 Å². The summed E-state index contributed by atoms with van der Waals surface area (Å²) in [6.07, 6.45) is 3.82. The summed E-state index contributed by atoms with van der Waals surface area (Å²) in [5.41, 5.74) is 2.21. The minimum atomic E-state index is -0.380. The Morgan fingerprint density at radius 3 is 2.53 bits per heavy atom. The molecule has 5 rings (SSSR count). The molecule has 0 radical (unpaired) electrons. The number of aliphatic hydroxyl groups excluding tert-OH is 1. The summed E-state index contributed by atoms with van der Waals surface area (Å²) >= 11 is 0. The molecule has 0 aliphatic carbocycles. The van der Waals surface area contributed by atoms with Crippen molar-refractivity contribution in [2.24, 2.45) is 5.92 Å². The van der Waals surface area contributed by atoms with Crippen LogP contribution in [0, 0.1) is 5.92 Å². The molecule has 4 heterocycles. The fourth-order valence-corrected chi connectivity index (χ4v) is 4.91. The molecule has 3 fully saturated rings. The van der Waals surface area contributed by atoms with Crippen molar-refractivity contribution in [3.05, 3.63) is 53.9 Å². The van der Waals surface area contributed by atoms with Crippen LogP contribution in [-0.2, 0) is 11.3 Å². The number of amides is 1. The first-order chi connectivity index (χ1) is 14.7. The van der Waals surface area contributed by atoms with Crippen LogP contribution in [-0.4, -0.2) is 76.2 Å². The number of likely N-dealkylation sites (tertiary alicyclic amines) is 2. The Bertz CT molecular complexity index is 880. The molecule has 3 saturated heterocycles. The average Bonchev–Trinajstić information content (AvgIpc) is 3.42. The summed E-state index contributed by atoms with van der Waals surface area (Å²) in [5.74, 6) is 0.838. The highest BCUT2D eigenvalue weighted by molar-refractivity contribution is 5.81. The van der Waals surface area contributed by atoms with E-state index in [4.69, 9.17) is 4.98 Å². The first-order valence-corrected chi connectivity index (χ1v) is 11.0. The number of rotatable bonds is 5. The van der Waals surface area contributed by atoms with Gasteiger partial charge in [0.2, 0.25) is 11.9 Å². The zero-order valence-electron chi connectivity index (χ0n) is 17.2. The third-order valence-electron chi connectivity index (χ3n) is 6.57. The normalized spacial score (nSPS) is 25.0. The second-order valence-corrected chi connectivity index (χ2v) is 8.77. The lowest BCUT2D eigenvalue weighted by Gasteiger charge is -2.38. The lowest BCUT2D eigenvalue weighted by Crippen LogP contribution is -2.56. The van der Waals surface area contributed by atoms with Crippen molar-refractivity contribution in [1.82, 2.24) is 19.8 Å². The summed E-state index contributed by atoms with van der Waals surface area (Å²) in [7, 11) is 0. The van der Waals surface area contributed by atoms with Crippen LogP contribution in [0.25, 0.3) is 0 Å². The van der Waals surface area contributed by atoms with E-state index >= 15 is 0 Å². The second-order valence-electron chi connectivity index (χ2n) is 8.77. The van der Waals surface area contributed by atoms with Gasteiger partial charge in [0.15, 0.2) is 0 Å². The molecule has 0 bridgehead atoms. The molecular weight excluding hydrogens is 378 g/mol. The molecule has 2 atom stereocenters. The van der Waals surface area contributed by atoms with Gasteiger partial charge < -0.3 is 14.9 Å². The van der Waals surface area contributed by atoms with Crippen LogP contribution in [0.15, 0.2) is 42.6 Å². The quantitative estimate of drug-likeness (QED) is 0.810. The summed E-state index contributed by atoms with van der Waals surface area (Å²) in [6, 6.07) is 12.4. The molecule has 2 aromatic rings. The third-order valence-corrected chi connectivity index (χ3v) is 6.57. The van der Waals surface area contributed by atoms with Gasteiger partial charge >= 0.3 is 0 Å². The Balaban J connectivity index is 1.38. The van der Waals surface area contributed by atoms with Crippen LogP contribution in [0.1, 0.15) is 30.0 Å². The molecule has 1 aromatic carbocycles. The van der Waals surface area contributed by atoms with Crippen molar-refractivity contribution >= 4 is 11.9 Å². The Morgan fingerprint density at radius 1 is 1.03 bits per heavy atom. The van der Waals surface area contributed by atoms with Gasteiger partial charge in [-0.2, -0.15) is 0 Å². The molecule has 1 N–H and O–H groups in total. The zero-order chi connectivity index (χ0) is 20.5. The maximum absolute atomic E-state index is 13.2. The number of benzene rings is 1. The maximum atomic E-state index is 13.2.